The number of carbonyl (C=O) groups is 2. The van der Waals surface area contributed by atoms with Gasteiger partial charge in [-0.2, -0.15) is 0 Å². The largest absolute Gasteiger partial charge is 0.483 e. The number of ether oxygens (including phenoxy) is 1. The van der Waals surface area contributed by atoms with Crippen molar-refractivity contribution in [3.63, 3.8) is 0 Å². The number of hydrogen-bond donors (Lipinski definition) is 1. The standard InChI is InChI=1S/C33H42N2O3/c1-7-25(3)34-32(37)29(21-26-15-9-8-10-16-26)35(22-27-17-13-14-24(2)20-27)31(36)23-38-30-19-12-11-18-28(30)33(4,5)6/h8-20,25,29H,7,21-23H2,1-6H3,(H,34,37)/t25-,29+/m0/s1. The van der Waals surface area contributed by atoms with Crippen LogP contribution in [0.1, 0.15) is 63.3 Å². The Labute approximate surface area is 228 Å². The van der Waals surface area contributed by atoms with Gasteiger partial charge in [-0.3, -0.25) is 9.59 Å². The zero-order valence-electron chi connectivity index (χ0n) is 23.7. The maximum absolute atomic E-state index is 13.9. The molecule has 0 aliphatic carbocycles. The SMILES string of the molecule is CC[C@H](C)NC(=O)[C@@H](Cc1ccccc1)N(Cc1cccc(C)c1)C(=O)COc1ccccc1C(C)(C)C. The van der Waals surface area contributed by atoms with Crippen LogP contribution in [0.25, 0.3) is 0 Å². The lowest BCUT2D eigenvalue weighted by Crippen LogP contribution is -2.53. The molecule has 3 rings (SSSR count). The van der Waals surface area contributed by atoms with Crippen LogP contribution in [-0.2, 0) is 28.0 Å². The van der Waals surface area contributed by atoms with Crippen molar-refractivity contribution >= 4 is 11.8 Å². The maximum atomic E-state index is 13.9. The van der Waals surface area contributed by atoms with Crippen LogP contribution < -0.4 is 10.1 Å². The van der Waals surface area contributed by atoms with Gasteiger partial charge in [0, 0.05) is 19.0 Å². The van der Waals surface area contributed by atoms with Gasteiger partial charge in [-0.15, -0.1) is 0 Å². The molecule has 5 heteroatoms. The molecule has 5 nitrogen and oxygen atoms in total. The lowest BCUT2D eigenvalue weighted by Gasteiger charge is -2.32. The Hall–Kier alpha value is -3.60. The van der Waals surface area contributed by atoms with E-state index in [-0.39, 0.29) is 29.9 Å². The molecule has 0 radical (unpaired) electrons. The Bertz CT molecular complexity index is 1200. The molecule has 0 spiro atoms. The van der Waals surface area contributed by atoms with E-state index in [9.17, 15) is 9.59 Å². The lowest BCUT2D eigenvalue weighted by atomic mass is 9.86. The molecule has 0 aromatic heterocycles. The van der Waals surface area contributed by atoms with Crippen LogP contribution in [0.2, 0.25) is 0 Å². The second kappa shape index (κ2) is 13.3. The second-order valence-electron chi connectivity index (χ2n) is 11.1. The van der Waals surface area contributed by atoms with E-state index >= 15 is 0 Å². The van der Waals surface area contributed by atoms with E-state index in [1.54, 1.807) is 4.90 Å². The molecule has 0 bridgehead atoms. The van der Waals surface area contributed by atoms with Crippen LogP contribution in [0, 0.1) is 6.92 Å². The van der Waals surface area contributed by atoms with Crippen LogP contribution in [0.4, 0.5) is 0 Å². The smallest absolute Gasteiger partial charge is 0.261 e. The first-order valence-corrected chi connectivity index (χ1v) is 13.5. The molecule has 0 heterocycles. The monoisotopic (exact) mass is 514 g/mol. The molecular weight excluding hydrogens is 472 g/mol. The first kappa shape index (κ1) is 29.0. The van der Waals surface area contributed by atoms with Crippen molar-refractivity contribution in [2.75, 3.05) is 6.61 Å². The summed E-state index contributed by atoms with van der Waals surface area (Å²) in [6, 6.07) is 25.1. The number of benzene rings is 3. The highest BCUT2D eigenvalue weighted by Crippen LogP contribution is 2.31. The lowest BCUT2D eigenvalue weighted by molar-refractivity contribution is -0.143. The molecule has 0 saturated carbocycles. The van der Waals surface area contributed by atoms with Crippen LogP contribution in [0.5, 0.6) is 5.75 Å². The third kappa shape index (κ3) is 8.20. The van der Waals surface area contributed by atoms with Gasteiger partial charge in [-0.05, 0) is 48.4 Å². The summed E-state index contributed by atoms with van der Waals surface area (Å²) >= 11 is 0. The van der Waals surface area contributed by atoms with E-state index < -0.39 is 6.04 Å². The number of hydrogen-bond acceptors (Lipinski definition) is 3. The quantitative estimate of drug-likeness (QED) is 0.330. The van der Waals surface area contributed by atoms with Gasteiger partial charge in [0.2, 0.25) is 5.91 Å². The van der Waals surface area contributed by atoms with Crippen LogP contribution in [0.15, 0.2) is 78.9 Å². The topological polar surface area (TPSA) is 58.6 Å². The van der Waals surface area contributed by atoms with E-state index in [4.69, 9.17) is 4.74 Å². The molecule has 3 aromatic carbocycles. The fourth-order valence-corrected chi connectivity index (χ4v) is 4.44. The third-order valence-corrected chi connectivity index (χ3v) is 6.75. The van der Waals surface area contributed by atoms with Gasteiger partial charge in [0.05, 0.1) is 0 Å². The number of amides is 2. The first-order chi connectivity index (χ1) is 18.1. The Kier molecular flexibility index (Phi) is 10.1. The zero-order chi connectivity index (χ0) is 27.7. The maximum Gasteiger partial charge on any atom is 0.261 e. The van der Waals surface area contributed by atoms with Crippen LogP contribution >= 0.6 is 0 Å². The summed E-state index contributed by atoms with van der Waals surface area (Å²) < 4.78 is 6.13. The average molecular weight is 515 g/mol. The van der Waals surface area contributed by atoms with E-state index in [2.05, 4.69) is 32.2 Å². The Morgan fingerprint density at radius 2 is 1.58 bits per heavy atom. The van der Waals surface area contributed by atoms with Crippen molar-refractivity contribution in [3.8, 4) is 5.75 Å². The molecule has 0 fully saturated rings. The van der Waals surface area contributed by atoms with Gasteiger partial charge in [0.15, 0.2) is 6.61 Å². The molecule has 0 aliphatic heterocycles. The Morgan fingerprint density at radius 3 is 2.24 bits per heavy atom. The van der Waals surface area contributed by atoms with Crippen LogP contribution in [-0.4, -0.2) is 35.4 Å². The molecule has 1 N–H and O–H groups in total. The Balaban J connectivity index is 1.95. The minimum Gasteiger partial charge on any atom is -0.483 e. The first-order valence-electron chi connectivity index (χ1n) is 13.5. The van der Waals surface area contributed by atoms with E-state index in [1.807, 2.05) is 93.6 Å². The van der Waals surface area contributed by atoms with Gasteiger partial charge in [-0.1, -0.05) is 106 Å². The summed E-state index contributed by atoms with van der Waals surface area (Å²) in [4.78, 5) is 29.2. The van der Waals surface area contributed by atoms with E-state index in [1.165, 1.54) is 0 Å². The number of para-hydroxylation sites is 1. The minimum atomic E-state index is -0.680. The van der Waals surface area contributed by atoms with E-state index in [0.29, 0.717) is 18.7 Å². The van der Waals surface area contributed by atoms with Crippen molar-refractivity contribution in [1.29, 1.82) is 0 Å². The molecule has 38 heavy (non-hydrogen) atoms. The summed E-state index contributed by atoms with van der Waals surface area (Å²) in [6.45, 7) is 12.6. The number of aryl methyl sites for hydroxylation is 1. The summed E-state index contributed by atoms with van der Waals surface area (Å²) in [5.74, 6) is 0.308. The third-order valence-electron chi connectivity index (χ3n) is 6.75. The van der Waals surface area contributed by atoms with Crippen molar-refractivity contribution in [2.24, 2.45) is 0 Å². The Morgan fingerprint density at radius 1 is 0.921 bits per heavy atom. The molecular formula is C33H42N2O3. The molecule has 0 saturated heterocycles. The minimum absolute atomic E-state index is 0.00612. The zero-order valence-corrected chi connectivity index (χ0v) is 23.7. The highest BCUT2D eigenvalue weighted by Gasteiger charge is 2.31. The number of nitrogens with one attached hydrogen (secondary N) is 1. The predicted octanol–water partition coefficient (Wildman–Crippen LogP) is 6.23. The normalized spacial score (nSPS) is 12.9. The predicted molar refractivity (Wildman–Crippen MR) is 154 cm³/mol. The summed E-state index contributed by atoms with van der Waals surface area (Å²) in [5, 5.41) is 3.11. The number of rotatable bonds is 11. The fraction of sp³-hybridized carbons (Fsp3) is 0.394. The number of nitrogens with zero attached hydrogens (tertiary/aromatic N) is 1. The fourth-order valence-electron chi connectivity index (χ4n) is 4.44. The number of carbonyl (C=O) groups excluding carboxylic acids is 2. The molecule has 0 unspecified atom stereocenters. The molecule has 2 amide bonds. The highest BCUT2D eigenvalue weighted by molar-refractivity contribution is 5.88. The van der Waals surface area contributed by atoms with Gasteiger partial charge >= 0.3 is 0 Å². The van der Waals surface area contributed by atoms with Gasteiger partial charge in [0.25, 0.3) is 5.91 Å². The summed E-state index contributed by atoms with van der Waals surface area (Å²) in [7, 11) is 0. The second-order valence-corrected chi connectivity index (χ2v) is 11.1. The van der Waals surface area contributed by atoms with Crippen molar-refractivity contribution in [2.45, 2.75) is 78.4 Å². The van der Waals surface area contributed by atoms with Gasteiger partial charge in [0.1, 0.15) is 11.8 Å². The van der Waals surface area contributed by atoms with Crippen molar-refractivity contribution in [1.82, 2.24) is 10.2 Å². The van der Waals surface area contributed by atoms with Crippen LogP contribution in [0.3, 0.4) is 0 Å². The van der Waals surface area contributed by atoms with Crippen molar-refractivity contribution < 1.29 is 14.3 Å². The van der Waals surface area contributed by atoms with Gasteiger partial charge < -0.3 is 15.0 Å². The molecule has 2 atom stereocenters. The average Bonchev–Trinajstić information content (AvgIpc) is 2.89. The van der Waals surface area contributed by atoms with Crippen molar-refractivity contribution in [3.05, 3.63) is 101 Å². The molecule has 3 aromatic rings. The summed E-state index contributed by atoms with van der Waals surface area (Å²) in [5.41, 5.74) is 3.98. The molecule has 202 valence electrons. The van der Waals surface area contributed by atoms with Gasteiger partial charge in [-0.25, -0.2) is 0 Å². The molecule has 0 aliphatic rings. The highest BCUT2D eigenvalue weighted by atomic mass is 16.5. The summed E-state index contributed by atoms with van der Waals surface area (Å²) in [6.07, 6.45) is 1.22. The van der Waals surface area contributed by atoms with E-state index in [0.717, 1.165) is 28.7 Å².